The highest BCUT2D eigenvalue weighted by atomic mass is 79.9. The summed E-state index contributed by atoms with van der Waals surface area (Å²) in [5, 5.41) is 2.89. The molecule has 1 fully saturated rings. The summed E-state index contributed by atoms with van der Waals surface area (Å²) in [5.74, 6) is -1.17. The molecule has 0 amide bonds. The summed E-state index contributed by atoms with van der Waals surface area (Å²) in [6.07, 6.45) is -0.0546. The zero-order valence-electron chi connectivity index (χ0n) is 9.88. The predicted octanol–water partition coefficient (Wildman–Crippen LogP) is 2.75. The van der Waals surface area contributed by atoms with Crippen LogP contribution in [0.4, 0.5) is 8.78 Å². The standard InChI is InChI=1S/C12H14BrF2NO2/c1-16-9(6-10-17-4-5-18-10)11-8(14)3-2-7(13)12(11)15/h2-3,9-10,16H,4-6H2,1H3. The first-order valence-electron chi connectivity index (χ1n) is 5.67. The maximum absolute atomic E-state index is 14.0. The molecule has 18 heavy (non-hydrogen) atoms. The second-order valence-electron chi connectivity index (χ2n) is 4.00. The van der Waals surface area contributed by atoms with E-state index in [1.54, 1.807) is 7.05 Å². The lowest BCUT2D eigenvalue weighted by Crippen LogP contribution is -2.25. The quantitative estimate of drug-likeness (QED) is 0.865. The third kappa shape index (κ3) is 2.88. The molecule has 1 aromatic carbocycles. The van der Waals surface area contributed by atoms with Gasteiger partial charge in [0, 0.05) is 18.0 Å². The summed E-state index contributed by atoms with van der Waals surface area (Å²) in [4.78, 5) is 0. The van der Waals surface area contributed by atoms with E-state index in [2.05, 4.69) is 21.2 Å². The maximum Gasteiger partial charge on any atom is 0.159 e. The van der Waals surface area contributed by atoms with Crippen molar-refractivity contribution in [1.29, 1.82) is 0 Å². The summed E-state index contributed by atoms with van der Waals surface area (Å²) in [7, 11) is 1.65. The molecular weight excluding hydrogens is 308 g/mol. The molecule has 2 rings (SSSR count). The molecule has 6 heteroatoms. The van der Waals surface area contributed by atoms with Crippen LogP contribution in [0.2, 0.25) is 0 Å². The van der Waals surface area contributed by atoms with Crippen LogP contribution in [0, 0.1) is 11.6 Å². The normalized spacial score (nSPS) is 18.2. The number of hydrogen-bond acceptors (Lipinski definition) is 3. The first kappa shape index (κ1) is 13.9. The molecule has 0 saturated carbocycles. The van der Waals surface area contributed by atoms with Crippen molar-refractivity contribution in [1.82, 2.24) is 5.32 Å². The third-order valence-corrected chi connectivity index (χ3v) is 3.51. The smallest absolute Gasteiger partial charge is 0.159 e. The molecule has 1 atom stereocenters. The summed E-state index contributed by atoms with van der Waals surface area (Å²) in [6, 6.07) is 2.10. The minimum absolute atomic E-state index is 0.00553. The van der Waals surface area contributed by atoms with Gasteiger partial charge in [0.2, 0.25) is 0 Å². The summed E-state index contributed by atoms with van der Waals surface area (Å²) >= 11 is 3.06. The average Bonchev–Trinajstić information content (AvgIpc) is 2.86. The Bertz CT molecular complexity index is 425. The topological polar surface area (TPSA) is 30.5 Å². The van der Waals surface area contributed by atoms with E-state index in [9.17, 15) is 8.78 Å². The van der Waals surface area contributed by atoms with Crippen LogP contribution >= 0.6 is 15.9 Å². The number of ether oxygens (including phenoxy) is 2. The number of hydrogen-bond donors (Lipinski definition) is 1. The van der Waals surface area contributed by atoms with Gasteiger partial charge in [-0.1, -0.05) is 0 Å². The lowest BCUT2D eigenvalue weighted by atomic mass is 10.0. The van der Waals surface area contributed by atoms with Crippen LogP contribution in [-0.4, -0.2) is 26.6 Å². The second kappa shape index (κ2) is 6.06. The summed E-state index contributed by atoms with van der Waals surface area (Å²) < 4.78 is 38.6. The van der Waals surface area contributed by atoms with Crippen molar-refractivity contribution in [2.24, 2.45) is 0 Å². The van der Waals surface area contributed by atoms with Gasteiger partial charge in [-0.3, -0.25) is 0 Å². The van der Waals surface area contributed by atoms with E-state index < -0.39 is 24.0 Å². The lowest BCUT2D eigenvalue weighted by Gasteiger charge is -2.21. The van der Waals surface area contributed by atoms with Gasteiger partial charge >= 0.3 is 0 Å². The minimum Gasteiger partial charge on any atom is -0.350 e. The van der Waals surface area contributed by atoms with Crippen LogP contribution in [0.3, 0.4) is 0 Å². The zero-order chi connectivity index (χ0) is 13.1. The summed E-state index contributed by atoms with van der Waals surface area (Å²) in [5.41, 5.74) is 0.00553. The van der Waals surface area contributed by atoms with Crippen molar-refractivity contribution in [3.05, 3.63) is 33.8 Å². The fraction of sp³-hybridized carbons (Fsp3) is 0.500. The Morgan fingerprint density at radius 3 is 2.67 bits per heavy atom. The van der Waals surface area contributed by atoms with Gasteiger partial charge in [0.15, 0.2) is 6.29 Å². The Hall–Kier alpha value is -0.560. The van der Waals surface area contributed by atoms with Crippen LogP contribution in [0.5, 0.6) is 0 Å². The van der Waals surface area contributed by atoms with Gasteiger partial charge < -0.3 is 14.8 Å². The predicted molar refractivity (Wildman–Crippen MR) is 66.2 cm³/mol. The van der Waals surface area contributed by atoms with E-state index >= 15 is 0 Å². The Labute approximate surface area is 113 Å². The van der Waals surface area contributed by atoms with Crippen molar-refractivity contribution in [3.63, 3.8) is 0 Å². The van der Waals surface area contributed by atoms with Gasteiger partial charge in [-0.15, -0.1) is 0 Å². The van der Waals surface area contributed by atoms with Gasteiger partial charge in [-0.05, 0) is 35.1 Å². The molecular formula is C12H14BrF2NO2. The molecule has 3 nitrogen and oxygen atoms in total. The van der Waals surface area contributed by atoms with E-state index in [0.29, 0.717) is 19.6 Å². The van der Waals surface area contributed by atoms with Crippen LogP contribution in [0.25, 0.3) is 0 Å². The van der Waals surface area contributed by atoms with E-state index in [1.807, 2.05) is 0 Å². The molecule has 1 aliphatic rings. The van der Waals surface area contributed by atoms with Crippen LogP contribution in [0.1, 0.15) is 18.0 Å². The molecule has 0 radical (unpaired) electrons. The summed E-state index contributed by atoms with van der Waals surface area (Å²) in [6.45, 7) is 1.04. The molecule has 1 N–H and O–H groups in total. The van der Waals surface area contributed by atoms with Crippen molar-refractivity contribution in [2.75, 3.05) is 20.3 Å². The van der Waals surface area contributed by atoms with E-state index in [-0.39, 0.29) is 10.0 Å². The number of halogens is 3. The highest BCUT2D eigenvalue weighted by molar-refractivity contribution is 9.10. The first-order chi connectivity index (χ1) is 8.63. The van der Waals surface area contributed by atoms with Crippen molar-refractivity contribution in [3.8, 4) is 0 Å². The molecule has 0 spiro atoms. The second-order valence-corrected chi connectivity index (χ2v) is 4.86. The molecule has 100 valence electrons. The third-order valence-electron chi connectivity index (χ3n) is 2.90. The first-order valence-corrected chi connectivity index (χ1v) is 6.46. The average molecular weight is 322 g/mol. The number of rotatable bonds is 4. The van der Waals surface area contributed by atoms with E-state index in [0.717, 1.165) is 0 Å². The van der Waals surface area contributed by atoms with Crippen LogP contribution in [-0.2, 0) is 9.47 Å². The largest absolute Gasteiger partial charge is 0.350 e. The molecule has 1 heterocycles. The van der Waals surface area contributed by atoms with Gasteiger partial charge in [-0.25, -0.2) is 8.78 Å². The van der Waals surface area contributed by atoms with Gasteiger partial charge in [-0.2, -0.15) is 0 Å². The zero-order valence-corrected chi connectivity index (χ0v) is 11.5. The van der Waals surface area contributed by atoms with Gasteiger partial charge in [0.05, 0.1) is 17.7 Å². The highest BCUT2D eigenvalue weighted by Gasteiger charge is 2.26. The maximum atomic E-state index is 14.0. The minimum atomic E-state index is -0.590. The monoisotopic (exact) mass is 321 g/mol. The number of benzene rings is 1. The fourth-order valence-corrected chi connectivity index (χ4v) is 2.32. The SMILES string of the molecule is CNC(CC1OCCO1)c1c(F)ccc(Br)c1F. The van der Waals surface area contributed by atoms with E-state index in [4.69, 9.17) is 9.47 Å². The van der Waals surface area contributed by atoms with Gasteiger partial charge in [0.1, 0.15) is 11.6 Å². The Kier molecular flexibility index (Phi) is 4.66. The van der Waals surface area contributed by atoms with Crippen molar-refractivity contribution < 1.29 is 18.3 Å². The Morgan fingerprint density at radius 2 is 2.06 bits per heavy atom. The van der Waals surface area contributed by atoms with E-state index in [1.165, 1.54) is 12.1 Å². The fourth-order valence-electron chi connectivity index (χ4n) is 1.98. The van der Waals surface area contributed by atoms with Crippen molar-refractivity contribution in [2.45, 2.75) is 18.8 Å². The molecule has 0 aliphatic carbocycles. The molecule has 1 saturated heterocycles. The molecule has 0 bridgehead atoms. The lowest BCUT2D eigenvalue weighted by molar-refractivity contribution is -0.0529. The van der Waals surface area contributed by atoms with Crippen LogP contribution in [0.15, 0.2) is 16.6 Å². The van der Waals surface area contributed by atoms with Crippen LogP contribution < -0.4 is 5.32 Å². The van der Waals surface area contributed by atoms with Crippen molar-refractivity contribution >= 4 is 15.9 Å². The highest BCUT2D eigenvalue weighted by Crippen LogP contribution is 2.30. The molecule has 1 aliphatic heterocycles. The number of nitrogens with one attached hydrogen (secondary N) is 1. The van der Waals surface area contributed by atoms with Gasteiger partial charge in [0.25, 0.3) is 0 Å². The molecule has 0 aromatic heterocycles. The Balaban J connectivity index is 2.23. The Morgan fingerprint density at radius 1 is 1.39 bits per heavy atom. The molecule has 1 unspecified atom stereocenters. The molecule has 1 aromatic rings.